The Morgan fingerprint density at radius 2 is 1.82 bits per heavy atom. The van der Waals surface area contributed by atoms with Crippen molar-refractivity contribution in [2.75, 3.05) is 10.6 Å². The average molecular weight is 531 g/mol. The molecule has 0 saturated carbocycles. The maximum absolute atomic E-state index is 13.6. The number of anilines is 3. The van der Waals surface area contributed by atoms with E-state index in [2.05, 4.69) is 35.6 Å². The minimum Gasteiger partial charge on any atom is -0.323 e. The highest BCUT2D eigenvalue weighted by atomic mass is 19.4. The van der Waals surface area contributed by atoms with Crippen molar-refractivity contribution in [2.45, 2.75) is 20.0 Å². The Balaban J connectivity index is 1.41. The summed E-state index contributed by atoms with van der Waals surface area (Å²) in [4.78, 5) is 34.2. The fraction of sp³-hybridized carbons (Fsp3) is 0.111. The monoisotopic (exact) mass is 530 g/mol. The van der Waals surface area contributed by atoms with E-state index in [0.717, 1.165) is 17.7 Å². The van der Waals surface area contributed by atoms with Crippen LogP contribution in [0.15, 0.2) is 79.8 Å². The second-order valence-corrected chi connectivity index (χ2v) is 8.63. The van der Waals surface area contributed by atoms with Crippen LogP contribution >= 0.6 is 0 Å². The Morgan fingerprint density at radius 1 is 0.974 bits per heavy atom. The van der Waals surface area contributed by atoms with E-state index in [0.29, 0.717) is 22.8 Å². The van der Waals surface area contributed by atoms with Gasteiger partial charge in [0.2, 0.25) is 5.95 Å². The molecule has 0 radical (unpaired) electrons. The van der Waals surface area contributed by atoms with E-state index in [1.807, 2.05) is 6.07 Å². The second-order valence-electron chi connectivity index (χ2n) is 8.63. The van der Waals surface area contributed by atoms with Gasteiger partial charge < -0.3 is 15.2 Å². The zero-order chi connectivity index (χ0) is 27.6. The molecular weight excluding hydrogens is 509 g/mol. The van der Waals surface area contributed by atoms with E-state index in [4.69, 9.17) is 0 Å². The van der Waals surface area contributed by atoms with Crippen molar-refractivity contribution in [2.24, 2.45) is 0 Å². The second kappa shape index (κ2) is 10.3. The summed E-state index contributed by atoms with van der Waals surface area (Å²) in [7, 11) is 0. The first kappa shape index (κ1) is 25.5. The third-order valence-electron chi connectivity index (χ3n) is 5.72. The molecule has 196 valence electrons. The highest BCUT2D eigenvalue weighted by Gasteiger charge is 2.31. The van der Waals surface area contributed by atoms with E-state index in [1.54, 1.807) is 50.8 Å². The quantitative estimate of drug-likeness (QED) is 0.288. The lowest BCUT2D eigenvalue weighted by atomic mass is 10.1. The molecule has 39 heavy (non-hydrogen) atoms. The number of halogens is 3. The predicted molar refractivity (Wildman–Crippen MR) is 139 cm³/mol. The number of nitrogens with one attached hydrogen (secondary N) is 2. The van der Waals surface area contributed by atoms with Crippen LogP contribution in [0.1, 0.15) is 27.3 Å². The number of imidazole rings is 1. The van der Waals surface area contributed by atoms with Gasteiger partial charge in [-0.15, -0.1) is 0 Å². The lowest BCUT2D eigenvalue weighted by Gasteiger charge is -2.14. The van der Waals surface area contributed by atoms with Gasteiger partial charge in [0.05, 0.1) is 40.2 Å². The number of hydrogen-bond donors (Lipinski definition) is 2. The highest BCUT2D eigenvalue weighted by molar-refractivity contribution is 6.05. The summed E-state index contributed by atoms with van der Waals surface area (Å²) in [5.74, 6) is -0.361. The van der Waals surface area contributed by atoms with Crippen molar-refractivity contribution in [1.29, 1.82) is 0 Å². The standard InChI is InChI=1S/C27H21F3N8O/c1-16-14-38(15-34-16)22-10-20(27(28,29)30)9-21(11-22)35-25(39)19-8-24(17(2)33-13-19)37-26-32-7-5-23(36-26)18-4-3-6-31-12-18/h3-15H,1-2H3,(H,35,39)(H,32,36,37). The molecule has 5 aromatic rings. The van der Waals surface area contributed by atoms with Gasteiger partial charge in [0, 0.05) is 47.9 Å². The lowest BCUT2D eigenvalue weighted by molar-refractivity contribution is -0.137. The number of pyridine rings is 2. The number of nitrogens with zero attached hydrogens (tertiary/aromatic N) is 6. The van der Waals surface area contributed by atoms with E-state index < -0.39 is 17.6 Å². The first-order valence-corrected chi connectivity index (χ1v) is 11.7. The molecule has 0 saturated heterocycles. The van der Waals surface area contributed by atoms with Crippen LogP contribution in [0, 0.1) is 13.8 Å². The molecule has 5 rings (SSSR count). The fourth-order valence-corrected chi connectivity index (χ4v) is 3.76. The van der Waals surface area contributed by atoms with Crippen molar-refractivity contribution < 1.29 is 18.0 Å². The van der Waals surface area contributed by atoms with Crippen molar-refractivity contribution in [3.8, 4) is 16.9 Å². The first-order chi connectivity index (χ1) is 18.7. The number of carbonyl (C=O) groups excluding carboxylic acids is 1. The number of aromatic nitrogens is 6. The Labute approximate surface area is 220 Å². The lowest BCUT2D eigenvalue weighted by Crippen LogP contribution is -2.15. The molecule has 1 aromatic carbocycles. The number of alkyl halides is 3. The molecule has 0 fully saturated rings. The van der Waals surface area contributed by atoms with Gasteiger partial charge in [-0.3, -0.25) is 14.8 Å². The highest BCUT2D eigenvalue weighted by Crippen LogP contribution is 2.33. The van der Waals surface area contributed by atoms with E-state index >= 15 is 0 Å². The molecule has 2 N–H and O–H groups in total. The van der Waals surface area contributed by atoms with Gasteiger partial charge in [0.25, 0.3) is 5.91 Å². The molecule has 12 heteroatoms. The first-order valence-electron chi connectivity index (χ1n) is 11.7. The third-order valence-corrected chi connectivity index (χ3v) is 5.72. The Hall–Kier alpha value is -5.13. The summed E-state index contributed by atoms with van der Waals surface area (Å²) in [6.45, 7) is 3.46. The number of hydrogen-bond acceptors (Lipinski definition) is 7. The number of rotatable bonds is 6. The van der Waals surface area contributed by atoms with Crippen molar-refractivity contribution in [1.82, 2.24) is 29.5 Å². The van der Waals surface area contributed by atoms with Gasteiger partial charge >= 0.3 is 6.18 Å². The molecule has 0 aliphatic carbocycles. The Bertz CT molecular complexity index is 1650. The zero-order valence-electron chi connectivity index (χ0n) is 20.7. The number of carbonyl (C=O) groups is 1. The predicted octanol–water partition coefficient (Wildman–Crippen LogP) is 5.75. The molecule has 4 aromatic heterocycles. The molecular formula is C27H21F3N8O. The molecule has 9 nitrogen and oxygen atoms in total. The van der Waals surface area contributed by atoms with Gasteiger partial charge in [-0.1, -0.05) is 0 Å². The molecule has 0 atom stereocenters. The SMILES string of the molecule is Cc1cn(-c2cc(NC(=O)c3cnc(C)c(Nc4nccc(-c5cccnc5)n4)c3)cc(C(F)(F)F)c2)cn1. The van der Waals surface area contributed by atoms with Gasteiger partial charge in [-0.25, -0.2) is 15.0 Å². The number of aryl methyl sites for hydroxylation is 2. The van der Waals surface area contributed by atoms with Crippen LogP contribution in [0.3, 0.4) is 0 Å². The Morgan fingerprint density at radius 3 is 2.54 bits per heavy atom. The Kier molecular flexibility index (Phi) is 6.75. The minimum absolute atomic E-state index is 0.0289. The van der Waals surface area contributed by atoms with Gasteiger partial charge in [-0.05, 0) is 56.3 Å². The van der Waals surface area contributed by atoms with Crippen LogP contribution in [0.2, 0.25) is 0 Å². The smallest absolute Gasteiger partial charge is 0.323 e. The number of amides is 1. The topological polar surface area (TPSA) is 111 Å². The fourth-order valence-electron chi connectivity index (χ4n) is 3.76. The maximum Gasteiger partial charge on any atom is 0.416 e. The van der Waals surface area contributed by atoms with Crippen LogP contribution in [0.25, 0.3) is 16.9 Å². The molecule has 0 spiro atoms. The third kappa shape index (κ3) is 5.90. The van der Waals surface area contributed by atoms with Crippen LogP contribution in [0.5, 0.6) is 0 Å². The van der Waals surface area contributed by atoms with E-state index in [9.17, 15) is 18.0 Å². The molecule has 0 unspecified atom stereocenters. The summed E-state index contributed by atoms with van der Waals surface area (Å²) in [5, 5.41) is 5.61. The van der Waals surface area contributed by atoms with Crippen LogP contribution < -0.4 is 10.6 Å². The van der Waals surface area contributed by atoms with Crippen LogP contribution in [-0.2, 0) is 6.18 Å². The normalized spacial score (nSPS) is 11.3. The van der Waals surface area contributed by atoms with Crippen molar-refractivity contribution in [3.05, 3.63) is 102 Å². The molecule has 4 heterocycles. The van der Waals surface area contributed by atoms with Gasteiger partial charge in [0.15, 0.2) is 0 Å². The minimum atomic E-state index is -4.61. The van der Waals surface area contributed by atoms with Crippen LogP contribution in [0.4, 0.5) is 30.5 Å². The summed E-state index contributed by atoms with van der Waals surface area (Å²) >= 11 is 0. The summed E-state index contributed by atoms with van der Waals surface area (Å²) in [6, 6.07) is 10.2. The van der Waals surface area contributed by atoms with Gasteiger partial charge in [0.1, 0.15) is 0 Å². The van der Waals surface area contributed by atoms with Crippen molar-refractivity contribution >= 4 is 23.2 Å². The molecule has 0 aliphatic heterocycles. The van der Waals surface area contributed by atoms with Crippen LogP contribution in [-0.4, -0.2) is 35.4 Å². The maximum atomic E-state index is 13.6. The zero-order valence-corrected chi connectivity index (χ0v) is 20.7. The number of benzene rings is 1. The largest absolute Gasteiger partial charge is 0.416 e. The average Bonchev–Trinajstić information content (AvgIpc) is 3.36. The van der Waals surface area contributed by atoms with Crippen molar-refractivity contribution in [3.63, 3.8) is 0 Å². The molecule has 0 bridgehead atoms. The van der Waals surface area contributed by atoms with E-state index in [1.165, 1.54) is 29.2 Å². The molecule has 1 amide bonds. The van der Waals surface area contributed by atoms with E-state index in [-0.39, 0.29) is 22.9 Å². The summed E-state index contributed by atoms with van der Waals surface area (Å²) in [6.07, 6.45) is 4.65. The van der Waals surface area contributed by atoms with Gasteiger partial charge in [-0.2, -0.15) is 13.2 Å². The molecule has 0 aliphatic rings. The summed E-state index contributed by atoms with van der Waals surface area (Å²) < 4.78 is 42.3. The summed E-state index contributed by atoms with van der Waals surface area (Å²) in [5.41, 5.74) is 2.52.